The van der Waals surface area contributed by atoms with Crippen molar-refractivity contribution in [2.24, 2.45) is 5.84 Å². The highest BCUT2D eigenvalue weighted by Crippen LogP contribution is 2.36. The highest BCUT2D eigenvalue weighted by Gasteiger charge is 2.21. The Morgan fingerprint density at radius 1 is 1.08 bits per heavy atom. The summed E-state index contributed by atoms with van der Waals surface area (Å²) < 4.78 is 0.248. The molecule has 1 aromatic heterocycles. The van der Waals surface area contributed by atoms with Crippen LogP contribution in [0, 0.1) is 5.21 Å². The van der Waals surface area contributed by atoms with Gasteiger partial charge in [0.05, 0.1) is 5.02 Å². The molecular formula is C5H3Cl4N3O. The fourth-order valence-electron chi connectivity index (χ4n) is 0.689. The lowest BCUT2D eigenvalue weighted by Gasteiger charge is -2.12. The van der Waals surface area contributed by atoms with E-state index in [9.17, 15) is 5.21 Å². The van der Waals surface area contributed by atoms with Crippen LogP contribution in [-0.4, -0.2) is 0 Å². The first kappa shape index (κ1) is 10.9. The molecule has 3 N–H and O–H groups in total. The molecule has 0 aromatic carbocycles. The minimum absolute atomic E-state index is 0.0200. The normalized spacial score (nSPS) is 10.2. The van der Waals surface area contributed by atoms with Gasteiger partial charge in [0.1, 0.15) is 5.02 Å². The van der Waals surface area contributed by atoms with Gasteiger partial charge in [-0.3, -0.25) is 0 Å². The van der Waals surface area contributed by atoms with Crippen LogP contribution in [0.1, 0.15) is 0 Å². The van der Waals surface area contributed by atoms with Crippen molar-refractivity contribution in [3.05, 3.63) is 25.4 Å². The molecule has 0 saturated heterocycles. The van der Waals surface area contributed by atoms with Gasteiger partial charge in [0.2, 0.25) is 5.15 Å². The topological polar surface area (TPSA) is 65.0 Å². The van der Waals surface area contributed by atoms with Crippen molar-refractivity contribution in [1.82, 2.24) is 0 Å². The lowest BCUT2D eigenvalue weighted by molar-refractivity contribution is -0.587. The third kappa shape index (κ3) is 1.73. The molecule has 0 spiro atoms. The minimum atomic E-state index is -0.288. The summed E-state index contributed by atoms with van der Waals surface area (Å²) >= 11 is 22.4. The Kier molecular flexibility index (Phi) is 3.32. The fraction of sp³-hybridized carbons (Fsp3) is 0. The molecule has 1 aromatic rings. The Morgan fingerprint density at radius 3 is 2.08 bits per heavy atom. The van der Waals surface area contributed by atoms with Crippen LogP contribution in [0.2, 0.25) is 20.2 Å². The molecule has 0 unspecified atom stereocenters. The van der Waals surface area contributed by atoms with Crippen LogP contribution < -0.4 is 16.0 Å². The Hall–Kier alpha value is -0.130. The highest BCUT2D eigenvalue weighted by atomic mass is 35.5. The van der Waals surface area contributed by atoms with E-state index in [1.807, 2.05) is 0 Å². The molecule has 0 aliphatic carbocycles. The van der Waals surface area contributed by atoms with E-state index in [1.54, 1.807) is 0 Å². The van der Waals surface area contributed by atoms with Crippen molar-refractivity contribution in [3.8, 4) is 0 Å². The van der Waals surface area contributed by atoms with Gasteiger partial charge in [-0.1, -0.05) is 34.8 Å². The van der Waals surface area contributed by atoms with E-state index in [0.29, 0.717) is 0 Å². The van der Waals surface area contributed by atoms with Gasteiger partial charge in [0, 0.05) is 0 Å². The predicted molar refractivity (Wildman–Crippen MR) is 53.3 cm³/mol. The molecule has 4 nitrogen and oxygen atoms in total. The number of nitrogen functional groups attached to an aromatic ring is 1. The van der Waals surface area contributed by atoms with Crippen LogP contribution in [-0.2, 0) is 0 Å². The Morgan fingerprint density at radius 2 is 1.62 bits per heavy atom. The van der Waals surface area contributed by atoms with Gasteiger partial charge in [0.15, 0.2) is 5.02 Å². The average Bonchev–Trinajstić information content (AvgIpc) is 2.13. The van der Waals surface area contributed by atoms with E-state index in [0.717, 1.165) is 0 Å². The first-order valence-corrected chi connectivity index (χ1v) is 4.44. The van der Waals surface area contributed by atoms with E-state index in [2.05, 4.69) is 5.43 Å². The van der Waals surface area contributed by atoms with E-state index in [-0.39, 0.29) is 30.8 Å². The van der Waals surface area contributed by atoms with Crippen LogP contribution in [0.3, 0.4) is 0 Å². The van der Waals surface area contributed by atoms with Crippen molar-refractivity contribution in [3.63, 3.8) is 0 Å². The minimum Gasteiger partial charge on any atom is -0.709 e. The summed E-state index contributed by atoms with van der Waals surface area (Å²) in [4.78, 5) is 0. The quantitative estimate of drug-likeness (QED) is 0.268. The Labute approximate surface area is 93.7 Å². The first-order valence-electron chi connectivity index (χ1n) is 2.92. The van der Waals surface area contributed by atoms with Gasteiger partial charge in [0.25, 0.3) is 0 Å². The molecule has 1 rings (SSSR count). The predicted octanol–water partition coefficient (Wildman–Crippen LogP) is 2.22. The molecule has 0 aliphatic rings. The van der Waals surface area contributed by atoms with Crippen molar-refractivity contribution < 1.29 is 4.73 Å². The van der Waals surface area contributed by atoms with Gasteiger partial charge < -0.3 is 5.21 Å². The average molecular weight is 263 g/mol. The Bertz CT molecular complexity index is 327. The van der Waals surface area contributed by atoms with Crippen LogP contribution >= 0.6 is 46.4 Å². The second-order valence-corrected chi connectivity index (χ2v) is 3.51. The summed E-state index contributed by atoms with van der Waals surface area (Å²) in [5, 5.41) is 10.7. The lowest BCUT2D eigenvalue weighted by atomic mass is 10.4. The third-order valence-corrected chi connectivity index (χ3v) is 3.04. The molecule has 13 heavy (non-hydrogen) atoms. The van der Waals surface area contributed by atoms with Crippen molar-refractivity contribution in [1.29, 1.82) is 0 Å². The molecule has 0 bridgehead atoms. The Balaban J connectivity index is 3.56. The summed E-state index contributed by atoms with van der Waals surface area (Å²) in [6.07, 6.45) is 0. The summed E-state index contributed by atoms with van der Waals surface area (Å²) in [7, 11) is 0. The summed E-state index contributed by atoms with van der Waals surface area (Å²) in [5.41, 5.74) is 2.06. The summed E-state index contributed by atoms with van der Waals surface area (Å²) in [6.45, 7) is 0. The highest BCUT2D eigenvalue weighted by molar-refractivity contribution is 6.51. The van der Waals surface area contributed by atoms with Crippen LogP contribution in [0.4, 0.5) is 5.82 Å². The second-order valence-electron chi connectivity index (χ2n) is 2.02. The molecule has 0 aliphatic heterocycles. The molecule has 1 heterocycles. The van der Waals surface area contributed by atoms with E-state index in [4.69, 9.17) is 52.2 Å². The van der Waals surface area contributed by atoms with Crippen molar-refractivity contribution >= 4 is 52.2 Å². The van der Waals surface area contributed by atoms with E-state index in [1.165, 1.54) is 0 Å². The number of halogens is 4. The van der Waals surface area contributed by atoms with E-state index >= 15 is 0 Å². The zero-order valence-corrected chi connectivity index (χ0v) is 8.97. The van der Waals surface area contributed by atoms with Gasteiger partial charge in [-0.2, -0.15) is 11.3 Å². The van der Waals surface area contributed by atoms with Gasteiger partial charge >= 0.3 is 5.82 Å². The largest absolute Gasteiger partial charge is 0.709 e. The van der Waals surface area contributed by atoms with Gasteiger partial charge in [-0.15, -0.1) is 0 Å². The molecule has 8 heteroatoms. The number of hydrazine groups is 1. The van der Waals surface area contributed by atoms with Crippen molar-refractivity contribution in [2.45, 2.75) is 0 Å². The first-order chi connectivity index (χ1) is 6.00. The number of nitrogens with two attached hydrogens (primary N) is 1. The molecular weight excluding hydrogens is 260 g/mol. The SMILES string of the molecule is NNc1c(Cl)c(Cl)c(Cl)c(Cl)[n+]1[O-]. The molecule has 72 valence electrons. The number of hydrogen-bond acceptors (Lipinski definition) is 3. The number of aromatic nitrogens is 1. The molecule has 0 saturated carbocycles. The maximum atomic E-state index is 11.2. The van der Waals surface area contributed by atoms with E-state index < -0.39 is 0 Å². The number of hydrogen-bond donors (Lipinski definition) is 2. The summed E-state index contributed by atoms with van der Waals surface area (Å²) in [6, 6.07) is 0. The van der Waals surface area contributed by atoms with Gasteiger partial charge in [-0.05, 0) is 11.6 Å². The molecule has 0 fully saturated rings. The molecule has 0 radical (unpaired) electrons. The number of anilines is 1. The third-order valence-electron chi connectivity index (χ3n) is 1.29. The standard InChI is InChI=1S/C5H3Cl4N3O/c6-1-2(7)4(9)12(13)5(11-10)3(1)8/h11H,10H2. The monoisotopic (exact) mass is 261 g/mol. The molecule has 0 amide bonds. The number of rotatable bonds is 1. The lowest BCUT2D eigenvalue weighted by Crippen LogP contribution is -2.35. The summed E-state index contributed by atoms with van der Waals surface area (Å²) in [5.74, 6) is 4.87. The van der Waals surface area contributed by atoms with Crippen LogP contribution in [0.15, 0.2) is 0 Å². The zero-order valence-electron chi connectivity index (χ0n) is 5.94. The van der Waals surface area contributed by atoms with Crippen molar-refractivity contribution in [2.75, 3.05) is 5.43 Å². The maximum Gasteiger partial charge on any atom is 0.317 e. The fourth-order valence-corrected chi connectivity index (χ4v) is 1.54. The molecule has 0 atom stereocenters. The smallest absolute Gasteiger partial charge is 0.317 e. The van der Waals surface area contributed by atoms with Crippen LogP contribution in [0.25, 0.3) is 0 Å². The second kappa shape index (κ2) is 3.94. The number of nitrogens with one attached hydrogen (secondary N) is 1. The number of nitrogens with zero attached hydrogens (tertiary/aromatic N) is 1. The van der Waals surface area contributed by atoms with Crippen LogP contribution in [0.5, 0.6) is 0 Å². The zero-order chi connectivity index (χ0) is 10.2. The van der Waals surface area contributed by atoms with Gasteiger partial charge in [-0.25, -0.2) is 4.73 Å². The number of pyridine rings is 1. The maximum absolute atomic E-state index is 11.2.